The second-order valence-corrected chi connectivity index (χ2v) is 7.41. The van der Waals surface area contributed by atoms with Gasteiger partial charge in [-0.25, -0.2) is 9.48 Å². The minimum Gasteiger partial charge on any atom is -0.478 e. The van der Waals surface area contributed by atoms with Gasteiger partial charge in [-0.1, -0.05) is 35.0 Å². The third kappa shape index (κ3) is 5.29. The molecule has 5 atom stereocenters. The van der Waals surface area contributed by atoms with Crippen molar-refractivity contribution in [2.45, 2.75) is 43.9 Å². The van der Waals surface area contributed by atoms with Gasteiger partial charge in [0.15, 0.2) is 6.10 Å². The summed E-state index contributed by atoms with van der Waals surface area (Å²) in [6.07, 6.45) is -4.13. The monoisotopic (exact) mass is 448 g/mol. The molecule has 0 fully saturated rings. The molecule has 2 aromatic rings. The third-order valence-electron chi connectivity index (χ3n) is 4.95. The van der Waals surface area contributed by atoms with E-state index in [-0.39, 0.29) is 6.54 Å². The summed E-state index contributed by atoms with van der Waals surface area (Å²) in [5.74, 6) is -2.80. The molecule has 0 saturated carbocycles. The molecule has 12 heteroatoms. The number of aliphatic carboxylic acids is 1. The average Bonchev–Trinajstić information content (AvgIpc) is 3.22. The molecule has 1 aliphatic heterocycles. The number of carbonyl (C=O) groups excluding carboxylic acids is 1. The predicted molar refractivity (Wildman–Crippen MR) is 108 cm³/mol. The van der Waals surface area contributed by atoms with Crippen LogP contribution in [0.15, 0.2) is 42.3 Å². The lowest BCUT2D eigenvalue weighted by Gasteiger charge is -2.38. The van der Waals surface area contributed by atoms with Crippen molar-refractivity contribution in [1.29, 1.82) is 0 Å². The highest BCUT2D eigenvalue weighted by Crippen LogP contribution is 2.23. The molecule has 1 aromatic heterocycles. The smallest absolute Gasteiger partial charge is 0.370 e. The number of aliphatic hydroxyl groups is 4. The van der Waals surface area contributed by atoms with Crippen LogP contribution in [0.5, 0.6) is 0 Å². The number of ether oxygens (including phenoxy) is 1. The van der Waals surface area contributed by atoms with Gasteiger partial charge in [0.25, 0.3) is 0 Å². The van der Waals surface area contributed by atoms with Gasteiger partial charge < -0.3 is 35.6 Å². The lowest BCUT2D eigenvalue weighted by atomic mass is 9.94. The van der Waals surface area contributed by atoms with Gasteiger partial charge in [0.2, 0.25) is 11.7 Å². The molecule has 0 radical (unpaired) electrons. The van der Waals surface area contributed by atoms with Gasteiger partial charge in [0, 0.05) is 5.56 Å². The van der Waals surface area contributed by atoms with Crippen LogP contribution in [0.1, 0.15) is 5.56 Å². The van der Waals surface area contributed by atoms with E-state index in [9.17, 15) is 24.9 Å². The predicted octanol–water partition coefficient (Wildman–Crippen LogP) is -1.82. The van der Waals surface area contributed by atoms with Crippen LogP contribution in [-0.4, -0.2) is 89.5 Å². The number of carboxylic acids is 1. The van der Waals surface area contributed by atoms with Gasteiger partial charge in [-0.2, -0.15) is 0 Å². The first-order valence-corrected chi connectivity index (χ1v) is 9.73. The lowest BCUT2D eigenvalue weighted by molar-refractivity contribution is -0.149. The highest BCUT2D eigenvalue weighted by Gasteiger charge is 2.43. The summed E-state index contributed by atoms with van der Waals surface area (Å²) < 4.78 is 6.44. The molecule has 172 valence electrons. The van der Waals surface area contributed by atoms with Gasteiger partial charge in [-0.3, -0.25) is 4.79 Å². The number of carbonyl (C=O) groups is 2. The van der Waals surface area contributed by atoms with E-state index in [0.717, 1.165) is 17.2 Å². The topological polar surface area (TPSA) is 187 Å². The van der Waals surface area contributed by atoms with Crippen LogP contribution >= 0.6 is 0 Å². The largest absolute Gasteiger partial charge is 0.478 e. The molecule has 0 aliphatic carbocycles. The summed E-state index contributed by atoms with van der Waals surface area (Å²) in [5.41, 5.74) is 2.44. The van der Waals surface area contributed by atoms with Gasteiger partial charge in [0.05, 0.1) is 18.8 Å². The second-order valence-electron chi connectivity index (χ2n) is 7.41. The number of amides is 1. The van der Waals surface area contributed by atoms with Crippen molar-refractivity contribution in [1.82, 2.24) is 20.3 Å². The molecule has 4 unspecified atom stereocenters. The first-order chi connectivity index (χ1) is 15.2. The van der Waals surface area contributed by atoms with Crippen LogP contribution in [0.4, 0.5) is 0 Å². The van der Waals surface area contributed by atoms with Gasteiger partial charge in [-0.05, 0) is 13.0 Å². The molecule has 0 bridgehead atoms. The summed E-state index contributed by atoms with van der Waals surface area (Å²) in [7, 11) is 0. The van der Waals surface area contributed by atoms with E-state index < -0.39 is 54.7 Å². The Hall–Kier alpha value is -3.32. The Kier molecular flexibility index (Phi) is 7.20. The maximum absolute atomic E-state index is 12.5. The fourth-order valence-electron chi connectivity index (χ4n) is 3.22. The molecule has 1 aromatic carbocycles. The number of hydrogen-bond donors (Lipinski definition) is 6. The Morgan fingerprint density at radius 1 is 1.25 bits per heavy atom. The van der Waals surface area contributed by atoms with E-state index in [1.165, 1.54) is 4.68 Å². The number of benzene rings is 1. The number of aliphatic hydroxyl groups excluding tert-OH is 4. The Morgan fingerprint density at radius 3 is 2.56 bits per heavy atom. The van der Waals surface area contributed by atoms with Crippen molar-refractivity contribution in [2.75, 3.05) is 6.61 Å². The van der Waals surface area contributed by atoms with E-state index in [1.807, 2.05) is 31.2 Å². The molecule has 1 amide bonds. The molecular weight excluding hydrogens is 424 g/mol. The molecule has 12 nitrogen and oxygen atoms in total. The van der Waals surface area contributed by atoms with Crippen molar-refractivity contribution in [3.05, 3.63) is 47.9 Å². The van der Waals surface area contributed by atoms with E-state index in [4.69, 9.17) is 14.9 Å². The van der Waals surface area contributed by atoms with Crippen LogP contribution in [0.2, 0.25) is 0 Å². The van der Waals surface area contributed by atoms with Crippen LogP contribution < -0.4 is 5.32 Å². The Balaban J connectivity index is 1.73. The number of aryl methyl sites for hydroxylation is 1. The fourth-order valence-corrected chi connectivity index (χ4v) is 3.22. The molecular formula is C20H24N4O8. The average molecular weight is 448 g/mol. The highest BCUT2D eigenvalue weighted by molar-refractivity contribution is 5.84. The number of hydrogen-bond acceptors (Lipinski definition) is 9. The van der Waals surface area contributed by atoms with Gasteiger partial charge in [0.1, 0.15) is 30.6 Å². The molecule has 1 aliphatic rings. The number of nitrogens with zero attached hydrogens (tertiary/aromatic N) is 3. The zero-order chi connectivity index (χ0) is 23.4. The summed E-state index contributed by atoms with van der Waals surface area (Å²) in [5, 5.41) is 58.9. The molecule has 32 heavy (non-hydrogen) atoms. The molecule has 6 N–H and O–H groups in total. The number of aromatic nitrogens is 3. The van der Waals surface area contributed by atoms with Crippen molar-refractivity contribution in [3.63, 3.8) is 0 Å². The molecule has 2 heterocycles. The van der Waals surface area contributed by atoms with Gasteiger partial charge in [-0.15, -0.1) is 5.10 Å². The fraction of sp³-hybridized carbons (Fsp3) is 0.400. The van der Waals surface area contributed by atoms with Crippen molar-refractivity contribution in [3.8, 4) is 11.3 Å². The van der Waals surface area contributed by atoms with Crippen molar-refractivity contribution >= 4 is 11.9 Å². The first kappa shape index (κ1) is 23.3. The summed E-state index contributed by atoms with van der Waals surface area (Å²) in [6.45, 7) is 0.820. The number of carboxylic acid groups (broad SMARTS) is 1. The number of nitrogens with one attached hydrogen (secondary N) is 1. The van der Waals surface area contributed by atoms with E-state index in [2.05, 4.69) is 15.6 Å². The van der Waals surface area contributed by atoms with Crippen LogP contribution in [0.3, 0.4) is 0 Å². The normalized spacial score (nSPS) is 22.4. The Bertz CT molecular complexity index is 990. The van der Waals surface area contributed by atoms with Gasteiger partial charge >= 0.3 is 5.97 Å². The molecule has 0 spiro atoms. The highest BCUT2D eigenvalue weighted by atomic mass is 16.5. The standard InChI is InChI=1S/C20H24N4O8/c1-10-2-4-11(5-3-10)12-7-24(23-22-12)8-16(28)21-17-13(26)6-15(20(30)31)32-19(17)18(29)14(27)9-25/h2-7,13-14,17-19,25-27,29H,8-9H2,1H3,(H,21,28)(H,30,31)/t13?,14?,17-,18?,19?/m1/s1. The Labute approximate surface area is 182 Å². The van der Waals surface area contributed by atoms with Crippen LogP contribution in [-0.2, 0) is 20.9 Å². The maximum atomic E-state index is 12.5. The Morgan fingerprint density at radius 2 is 1.94 bits per heavy atom. The maximum Gasteiger partial charge on any atom is 0.370 e. The van der Waals surface area contributed by atoms with E-state index in [0.29, 0.717) is 5.69 Å². The third-order valence-corrected chi connectivity index (χ3v) is 4.95. The summed E-state index contributed by atoms with van der Waals surface area (Å²) >= 11 is 0. The minimum atomic E-state index is -1.79. The van der Waals surface area contributed by atoms with Crippen molar-refractivity contribution < 1.29 is 39.9 Å². The van der Waals surface area contributed by atoms with Crippen LogP contribution in [0.25, 0.3) is 11.3 Å². The quantitative estimate of drug-likeness (QED) is 0.268. The SMILES string of the molecule is Cc1ccc(-c2cn(CC(=O)N[C@@H]3C(O)C=C(C(=O)O)OC3C(O)C(O)CO)nn2)cc1. The lowest BCUT2D eigenvalue weighted by Crippen LogP contribution is -2.60. The minimum absolute atomic E-state index is 0.289. The first-order valence-electron chi connectivity index (χ1n) is 9.73. The van der Waals surface area contributed by atoms with E-state index >= 15 is 0 Å². The zero-order valence-electron chi connectivity index (χ0n) is 17.1. The molecule has 0 saturated heterocycles. The molecule has 3 rings (SSSR count). The summed E-state index contributed by atoms with van der Waals surface area (Å²) in [6, 6.07) is 6.25. The number of rotatable bonds is 8. The summed E-state index contributed by atoms with van der Waals surface area (Å²) in [4.78, 5) is 23.8. The van der Waals surface area contributed by atoms with Crippen LogP contribution in [0, 0.1) is 6.92 Å². The van der Waals surface area contributed by atoms with E-state index in [1.54, 1.807) is 6.20 Å². The second kappa shape index (κ2) is 9.87. The zero-order valence-corrected chi connectivity index (χ0v) is 17.1. The van der Waals surface area contributed by atoms with Crippen molar-refractivity contribution in [2.24, 2.45) is 0 Å².